The number of benzene rings is 2. The van der Waals surface area contributed by atoms with E-state index in [2.05, 4.69) is 11.4 Å². The van der Waals surface area contributed by atoms with Crippen LogP contribution in [0.3, 0.4) is 0 Å². The van der Waals surface area contributed by atoms with Crippen molar-refractivity contribution in [3.05, 3.63) is 65.2 Å². The summed E-state index contributed by atoms with van der Waals surface area (Å²) in [6.07, 6.45) is -4.03. The van der Waals surface area contributed by atoms with E-state index < -0.39 is 11.7 Å². The molecule has 0 heterocycles. The number of carbonyl (C=O) groups excluding carboxylic acids is 1. The number of carbonyl (C=O) groups is 1. The van der Waals surface area contributed by atoms with E-state index in [0.29, 0.717) is 18.7 Å². The summed E-state index contributed by atoms with van der Waals surface area (Å²) in [5, 5.41) is 11.4. The molecule has 0 aliphatic heterocycles. The van der Waals surface area contributed by atoms with Crippen molar-refractivity contribution in [2.75, 3.05) is 18.9 Å². The third kappa shape index (κ3) is 5.90. The minimum atomic E-state index is -4.35. The predicted octanol–water partition coefficient (Wildman–Crippen LogP) is 2.42. The zero-order valence-corrected chi connectivity index (χ0v) is 14.2. The van der Waals surface area contributed by atoms with Gasteiger partial charge in [0.05, 0.1) is 25.1 Å². The van der Waals surface area contributed by atoms with Gasteiger partial charge in [0.15, 0.2) is 6.54 Å². The number of anilines is 1. The summed E-state index contributed by atoms with van der Waals surface area (Å²) in [6, 6.07) is 14.0. The summed E-state index contributed by atoms with van der Waals surface area (Å²) in [7, 11) is 1.80. The molecule has 0 aliphatic rings. The normalized spacial score (nSPS) is 12.3. The monoisotopic (exact) mass is 362 g/mol. The molecular formula is C19H19F3N3O+. The molecule has 4 nitrogen and oxygen atoms in total. The van der Waals surface area contributed by atoms with E-state index in [9.17, 15) is 18.0 Å². The zero-order chi connectivity index (χ0) is 19.2. The number of hydrogen-bond donors (Lipinski definition) is 2. The van der Waals surface area contributed by atoms with E-state index in [1.165, 1.54) is 12.1 Å². The molecule has 1 unspecified atom stereocenters. The lowest BCUT2D eigenvalue weighted by molar-refractivity contribution is -0.885. The van der Waals surface area contributed by atoms with Crippen LogP contribution in [0.1, 0.15) is 16.7 Å². The number of nitrogens with one attached hydrogen (secondary N) is 2. The second kappa shape index (κ2) is 8.50. The van der Waals surface area contributed by atoms with Crippen LogP contribution >= 0.6 is 0 Å². The molecular weight excluding hydrogens is 343 g/mol. The van der Waals surface area contributed by atoms with Crippen LogP contribution in [0.5, 0.6) is 0 Å². The highest BCUT2D eigenvalue weighted by Crippen LogP contribution is 2.28. The number of likely N-dealkylation sites (N-methyl/N-ethyl adjacent to an activating group) is 1. The SMILES string of the molecule is C[NH+](CC(=O)Nc1ccc(CC#N)cc1)Cc1ccc(C(F)(F)F)cc1. The molecule has 0 saturated carbocycles. The summed E-state index contributed by atoms with van der Waals surface area (Å²) in [4.78, 5) is 12.9. The Hall–Kier alpha value is -2.85. The van der Waals surface area contributed by atoms with Crippen LogP contribution in [0.4, 0.5) is 18.9 Å². The summed E-state index contributed by atoms with van der Waals surface area (Å²) >= 11 is 0. The zero-order valence-electron chi connectivity index (χ0n) is 14.2. The molecule has 2 N–H and O–H groups in total. The quantitative estimate of drug-likeness (QED) is 0.829. The number of hydrogen-bond acceptors (Lipinski definition) is 2. The van der Waals surface area contributed by atoms with Crippen molar-refractivity contribution in [1.29, 1.82) is 5.26 Å². The molecule has 0 spiro atoms. The molecule has 2 aromatic carbocycles. The van der Waals surface area contributed by atoms with E-state index in [0.717, 1.165) is 28.2 Å². The molecule has 2 rings (SSSR count). The van der Waals surface area contributed by atoms with Gasteiger partial charge in [0, 0.05) is 11.3 Å². The second-order valence-electron chi connectivity index (χ2n) is 6.09. The van der Waals surface area contributed by atoms with E-state index >= 15 is 0 Å². The summed E-state index contributed by atoms with van der Waals surface area (Å²) in [5.74, 6) is -0.192. The molecule has 1 amide bonds. The van der Waals surface area contributed by atoms with Gasteiger partial charge in [-0.3, -0.25) is 4.79 Å². The Balaban J connectivity index is 1.86. The Morgan fingerprint density at radius 3 is 2.19 bits per heavy atom. The number of halogens is 3. The van der Waals surface area contributed by atoms with Gasteiger partial charge in [-0.05, 0) is 29.8 Å². The summed E-state index contributed by atoms with van der Waals surface area (Å²) in [5.41, 5.74) is 1.55. The number of quaternary nitrogens is 1. The van der Waals surface area contributed by atoms with Gasteiger partial charge in [-0.15, -0.1) is 0 Å². The molecule has 0 aromatic heterocycles. The molecule has 0 saturated heterocycles. The number of rotatable bonds is 6. The molecule has 2 aromatic rings. The maximum atomic E-state index is 12.6. The van der Waals surface area contributed by atoms with Gasteiger partial charge in [-0.2, -0.15) is 18.4 Å². The van der Waals surface area contributed by atoms with Crippen LogP contribution in [0, 0.1) is 11.3 Å². The van der Waals surface area contributed by atoms with E-state index in [1.807, 2.05) is 0 Å². The van der Waals surface area contributed by atoms with Crippen molar-refractivity contribution in [1.82, 2.24) is 0 Å². The van der Waals surface area contributed by atoms with Gasteiger partial charge in [-0.25, -0.2) is 0 Å². The predicted molar refractivity (Wildman–Crippen MR) is 91.3 cm³/mol. The maximum Gasteiger partial charge on any atom is 0.416 e. The van der Waals surface area contributed by atoms with Crippen molar-refractivity contribution in [2.24, 2.45) is 0 Å². The molecule has 0 radical (unpaired) electrons. The van der Waals surface area contributed by atoms with Crippen molar-refractivity contribution < 1.29 is 22.9 Å². The van der Waals surface area contributed by atoms with Gasteiger partial charge >= 0.3 is 6.18 Å². The van der Waals surface area contributed by atoms with Crippen molar-refractivity contribution in [3.8, 4) is 6.07 Å². The van der Waals surface area contributed by atoms with Gasteiger partial charge in [0.2, 0.25) is 0 Å². The fraction of sp³-hybridized carbons (Fsp3) is 0.263. The van der Waals surface area contributed by atoms with Crippen molar-refractivity contribution in [3.63, 3.8) is 0 Å². The minimum Gasteiger partial charge on any atom is -0.326 e. The van der Waals surface area contributed by atoms with Crippen molar-refractivity contribution >= 4 is 11.6 Å². The Bertz CT molecular complexity index is 778. The average Bonchev–Trinajstić information content (AvgIpc) is 2.56. The van der Waals surface area contributed by atoms with Crippen LogP contribution in [0.15, 0.2) is 48.5 Å². The van der Waals surface area contributed by atoms with E-state index in [-0.39, 0.29) is 12.5 Å². The average molecular weight is 362 g/mol. The van der Waals surface area contributed by atoms with E-state index in [4.69, 9.17) is 5.26 Å². The first-order chi connectivity index (χ1) is 12.3. The largest absolute Gasteiger partial charge is 0.416 e. The van der Waals surface area contributed by atoms with Crippen LogP contribution in [0.25, 0.3) is 0 Å². The third-order valence-corrected chi connectivity index (χ3v) is 3.77. The summed E-state index contributed by atoms with van der Waals surface area (Å²) < 4.78 is 37.7. The second-order valence-corrected chi connectivity index (χ2v) is 6.09. The Morgan fingerprint density at radius 2 is 1.65 bits per heavy atom. The standard InChI is InChI=1S/C19H18F3N3O/c1-25(12-15-2-6-16(7-3-15)19(20,21)22)13-18(26)24-17-8-4-14(5-9-17)10-11-23/h2-9H,10,12-13H2,1H3,(H,24,26)/p+1. The third-order valence-electron chi connectivity index (χ3n) is 3.77. The molecule has 1 atom stereocenters. The highest BCUT2D eigenvalue weighted by atomic mass is 19.4. The van der Waals surface area contributed by atoms with Crippen LogP contribution < -0.4 is 10.2 Å². The lowest BCUT2D eigenvalue weighted by Crippen LogP contribution is -3.08. The Kier molecular flexibility index (Phi) is 6.36. The molecule has 0 aliphatic carbocycles. The highest BCUT2D eigenvalue weighted by Gasteiger charge is 2.30. The molecule has 0 bridgehead atoms. The molecule has 7 heteroatoms. The Morgan fingerprint density at radius 1 is 1.08 bits per heavy atom. The fourth-order valence-corrected chi connectivity index (χ4v) is 2.50. The van der Waals surface area contributed by atoms with Crippen LogP contribution in [0.2, 0.25) is 0 Å². The van der Waals surface area contributed by atoms with Gasteiger partial charge in [-0.1, -0.05) is 24.3 Å². The number of nitrogens with zero attached hydrogens (tertiary/aromatic N) is 1. The smallest absolute Gasteiger partial charge is 0.326 e. The topological polar surface area (TPSA) is 57.3 Å². The highest BCUT2D eigenvalue weighted by molar-refractivity contribution is 5.91. The lowest BCUT2D eigenvalue weighted by atomic mass is 10.1. The van der Waals surface area contributed by atoms with Gasteiger partial charge in [0.25, 0.3) is 5.91 Å². The molecule has 26 heavy (non-hydrogen) atoms. The van der Waals surface area contributed by atoms with Gasteiger partial charge < -0.3 is 10.2 Å². The first-order valence-electron chi connectivity index (χ1n) is 8.01. The lowest BCUT2D eigenvalue weighted by Gasteiger charge is -2.14. The first kappa shape index (κ1) is 19.5. The van der Waals surface area contributed by atoms with Crippen LogP contribution in [-0.2, 0) is 23.9 Å². The van der Waals surface area contributed by atoms with Crippen molar-refractivity contribution in [2.45, 2.75) is 19.1 Å². The first-order valence-corrected chi connectivity index (χ1v) is 8.01. The van der Waals surface area contributed by atoms with Gasteiger partial charge in [0.1, 0.15) is 6.54 Å². The Labute approximate surface area is 149 Å². The summed E-state index contributed by atoms with van der Waals surface area (Å²) in [6.45, 7) is 0.619. The maximum absolute atomic E-state index is 12.6. The fourth-order valence-electron chi connectivity index (χ4n) is 2.50. The number of nitriles is 1. The molecule has 136 valence electrons. The number of amides is 1. The number of alkyl halides is 3. The minimum absolute atomic E-state index is 0.182. The molecule has 0 fully saturated rings. The van der Waals surface area contributed by atoms with Crippen LogP contribution in [-0.4, -0.2) is 19.5 Å². The van der Waals surface area contributed by atoms with E-state index in [1.54, 1.807) is 31.3 Å².